The number of nitrogens with two attached hydrogens (primary N) is 1. The van der Waals surface area contributed by atoms with E-state index in [1.54, 1.807) is 0 Å². The summed E-state index contributed by atoms with van der Waals surface area (Å²) >= 11 is 0. The quantitative estimate of drug-likeness (QED) is 0.635. The van der Waals surface area contributed by atoms with E-state index >= 15 is 0 Å². The lowest BCUT2D eigenvalue weighted by atomic mass is 10.2. The van der Waals surface area contributed by atoms with E-state index in [9.17, 15) is 0 Å². The Balaban J connectivity index is 0.000000185. The van der Waals surface area contributed by atoms with E-state index < -0.39 is 0 Å². The Labute approximate surface area is 177 Å². The van der Waals surface area contributed by atoms with Crippen molar-refractivity contribution in [2.45, 2.75) is 12.8 Å². The molecule has 0 saturated carbocycles. The fourth-order valence-electron chi connectivity index (χ4n) is 3.89. The van der Waals surface area contributed by atoms with Gasteiger partial charge in [-0.25, -0.2) is 4.98 Å². The first-order valence-electron chi connectivity index (χ1n) is 11.0. The molecule has 2 aliphatic heterocycles. The number of oxazole rings is 1. The topological polar surface area (TPSA) is 92.8 Å². The zero-order valence-electron chi connectivity index (χ0n) is 17.6. The van der Waals surface area contributed by atoms with Crippen molar-refractivity contribution in [1.82, 2.24) is 19.8 Å². The van der Waals surface area contributed by atoms with Crippen LogP contribution >= 0.6 is 0 Å². The van der Waals surface area contributed by atoms with Gasteiger partial charge in [0.25, 0.3) is 0 Å². The van der Waals surface area contributed by atoms with Crippen LogP contribution in [0.2, 0.25) is 0 Å². The smallest absolute Gasteiger partial charge is 0.196 e. The van der Waals surface area contributed by atoms with Crippen LogP contribution in [0.3, 0.4) is 0 Å². The van der Waals surface area contributed by atoms with E-state index in [4.69, 9.17) is 19.6 Å². The first-order chi connectivity index (χ1) is 14.8. The van der Waals surface area contributed by atoms with E-state index in [1.807, 2.05) is 24.4 Å². The number of aromatic nitrogens is 2. The van der Waals surface area contributed by atoms with E-state index in [2.05, 4.69) is 19.8 Å². The molecule has 3 N–H and O–H groups in total. The molecule has 0 aliphatic carbocycles. The van der Waals surface area contributed by atoms with E-state index in [0.29, 0.717) is 0 Å². The van der Waals surface area contributed by atoms with Crippen LogP contribution in [-0.4, -0.2) is 92.0 Å². The minimum Gasteiger partial charge on any atom is -0.441 e. The van der Waals surface area contributed by atoms with Gasteiger partial charge in [-0.05, 0) is 37.7 Å². The lowest BCUT2D eigenvalue weighted by molar-refractivity contribution is 0.0377. The van der Waals surface area contributed by atoms with E-state index in [0.717, 1.165) is 113 Å². The highest BCUT2D eigenvalue weighted by molar-refractivity contribution is 6.02. The summed E-state index contributed by atoms with van der Waals surface area (Å²) in [4.78, 5) is 12.6. The second-order valence-electron chi connectivity index (χ2n) is 7.76. The van der Waals surface area contributed by atoms with Gasteiger partial charge in [0.15, 0.2) is 11.5 Å². The standard InChI is InChI=1S/C15H17N3O2.C7H16N2O/c1-2-13-15(11-3-5-16-12(1)11)17-14(20-13)4-6-18-7-9-19-10-8-18;8-2-1-3-9-4-6-10-7-5-9/h1-3,5,16H,4,6-10H2;1-8H2. The fraction of sp³-hybridized carbons (Fsp3) is 0.591. The summed E-state index contributed by atoms with van der Waals surface area (Å²) in [5.74, 6) is 0.820. The predicted molar refractivity (Wildman–Crippen MR) is 118 cm³/mol. The van der Waals surface area contributed by atoms with Crippen molar-refractivity contribution in [3.05, 3.63) is 30.3 Å². The molecule has 3 aromatic rings. The normalized spacial score (nSPS) is 18.6. The van der Waals surface area contributed by atoms with E-state index in [1.165, 1.54) is 0 Å². The Morgan fingerprint density at radius 1 is 0.933 bits per heavy atom. The molecule has 0 atom stereocenters. The Morgan fingerprint density at radius 2 is 1.63 bits per heavy atom. The largest absolute Gasteiger partial charge is 0.441 e. The SMILES string of the molecule is NCCCN1CCOCC1.c1cc2c(ccc3oc(CCN4CCOCC4)nc32)[nH]1. The van der Waals surface area contributed by atoms with Crippen molar-refractivity contribution in [2.24, 2.45) is 5.73 Å². The molecule has 2 saturated heterocycles. The molecule has 8 heteroatoms. The fourth-order valence-corrected chi connectivity index (χ4v) is 3.89. The number of nitrogens with zero attached hydrogens (tertiary/aromatic N) is 3. The molecule has 8 nitrogen and oxygen atoms in total. The summed E-state index contributed by atoms with van der Waals surface area (Å²) in [6.45, 7) is 10.5. The van der Waals surface area contributed by atoms with Crippen molar-refractivity contribution < 1.29 is 13.9 Å². The monoisotopic (exact) mass is 415 g/mol. The van der Waals surface area contributed by atoms with Crippen LogP contribution in [0.4, 0.5) is 0 Å². The molecule has 2 fully saturated rings. The van der Waals surface area contributed by atoms with Crippen LogP contribution in [0.1, 0.15) is 12.3 Å². The molecule has 164 valence electrons. The summed E-state index contributed by atoms with van der Waals surface area (Å²) in [5, 5.41) is 1.13. The molecule has 0 spiro atoms. The molecule has 0 unspecified atom stereocenters. The van der Waals surface area contributed by atoms with Crippen LogP contribution in [0.25, 0.3) is 22.0 Å². The molecule has 5 rings (SSSR count). The maximum Gasteiger partial charge on any atom is 0.196 e. The van der Waals surface area contributed by atoms with Crippen LogP contribution < -0.4 is 5.73 Å². The highest BCUT2D eigenvalue weighted by Gasteiger charge is 2.13. The number of nitrogens with one attached hydrogen (secondary N) is 1. The Morgan fingerprint density at radius 3 is 2.33 bits per heavy atom. The second kappa shape index (κ2) is 10.9. The summed E-state index contributed by atoms with van der Waals surface area (Å²) in [6, 6.07) is 6.07. The first kappa shape index (κ1) is 21.3. The molecule has 30 heavy (non-hydrogen) atoms. The number of rotatable bonds is 6. The van der Waals surface area contributed by atoms with Crippen molar-refractivity contribution in [1.29, 1.82) is 0 Å². The number of morpholine rings is 2. The van der Waals surface area contributed by atoms with Gasteiger partial charge in [0.2, 0.25) is 0 Å². The molecule has 2 aliphatic rings. The highest BCUT2D eigenvalue weighted by Crippen LogP contribution is 2.25. The molecular weight excluding hydrogens is 382 g/mol. The lowest BCUT2D eigenvalue weighted by Gasteiger charge is -2.26. The molecule has 0 radical (unpaired) electrons. The van der Waals surface area contributed by atoms with Gasteiger partial charge in [-0.15, -0.1) is 0 Å². The number of hydrogen-bond donors (Lipinski definition) is 2. The Kier molecular flexibility index (Phi) is 7.71. The van der Waals surface area contributed by atoms with Crippen LogP contribution in [0, 0.1) is 0 Å². The molecule has 4 heterocycles. The van der Waals surface area contributed by atoms with Crippen molar-refractivity contribution in [3.8, 4) is 0 Å². The van der Waals surface area contributed by atoms with E-state index in [-0.39, 0.29) is 0 Å². The zero-order valence-corrected chi connectivity index (χ0v) is 17.6. The van der Waals surface area contributed by atoms with Crippen LogP contribution in [-0.2, 0) is 15.9 Å². The summed E-state index contributed by atoms with van der Waals surface area (Å²) in [5.41, 5.74) is 8.32. The van der Waals surface area contributed by atoms with Gasteiger partial charge in [-0.2, -0.15) is 0 Å². The van der Waals surface area contributed by atoms with Crippen LogP contribution in [0.5, 0.6) is 0 Å². The van der Waals surface area contributed by atoms with Crippen molar-refractivity contribution in [2.75, 3.05) is 72.2 Å². The summed E-state index contributed by atoms with van der Waals surface area (Å²) < 4.78 is 16.4. The maximum absolute atomic E-state index is 5.85. The minimum atomic E-state index is 0.803. The number of H-pyrrole nitrogens is 1. The molecular formula is C22H33N5O3. The molecule has 0 amide bonds. The molecule has 2 aromatic heterocycles. The maximum atomic E-state index is 5.85. The minimum absolute atomic E-state index is 0.803. The lowest BCUT2D eigenvalue weighted by Crippen LogP contribution is -2.37. The van der Waals surface area contributed by atoms with Crippen molar-refractivity contribution in [3.63, 3.8) is 0 Å². The van der Waals surface area contributed by atoms with Gasteiger partial charge in [-0.3, -0.25) is 9.80 Å². The number of hydrogen-bond acceptors (Lipinski definition) is 7. The number of benzene rings is 1. The van der Waals surface area contributed by atoms with Gasteiger partial charge in [0.1, 0.15) is 5.52 Å². The second-order valence-corrected chi connectivity index (χ2v) is 7.76. The third-order valence-corrected chi connectivity index (χ3v) is 5.66. The Hall–Kier alpha value is -1.97. The number of aromatic amines is 1. The third-order valence-electron chi connectivity index (χ3n) is 5.66. The van der Waals surface area contributed by atoms with Gasteiger partial charge in [0, 0.05) is 56.2 Å². The zero-order chi connectivity index (χ0) is 20.6. The average molecular weight is 416 g/mol. The molecule has 0 bridgehead atoms. The van der Waals surface area contributed by atoms with Gasteiger partial charge < -0.3 is 24.6 Å². The average Bonchev–Trinajstić information content (AvgIpc) is 3.44. The highest BCUT2D eigenvalue weighted by atomic mass is 16.5. The molecule has 1 aromatic carbocycles. The third kappa shape index (κ3) is 5.59. The first-order valence-corrected chi connectivity index (χ1v) is 11.0. The number of ether oxygens (including phenoxy) is 2. The summed E-state index contributed by atoms with van der Waals surface area (Å²) in [7, 11) is 0. The van der Waals surface area contributed by atoms with Gasteiger partial charge in [-0.1, -0.05) is 0 Å². The Bertz CT molecular complexity index is 897. The summed E-state index contributed by atoms with van der Waals surface area (Å²) in [6.07, 6.45) is 3.90. The number of fused-ring (bicyclic) bond motifs is 3. The van der Waals surface area contributed by atoms with Gasteiger partial charge in [0.05, 0.1) is 26.4 Å². The van der Waals surface area contributed by atoms with Crippen LogP contribution in [0.15, 0.2) is 28.8 Å². The van der Waals surface area contributed by atoms with Gasteiger partial charge >= 0.3 is 0 Å². The van der Waals surface area contributed by atoms with Crippen molar-refractivity contribution >= 4 is 22.0 Å². The predicted octanol–water partition coefficient (Wildman–Crippen LogP) is 1.85.